The van der Waals surface area contributed by atoms with Crippen LogP contribution in [-0.2, 0) is 11.8 Å². The van der Waals surface area contributed by atoms with Crippen LogP contribution in [0.5, 0.6) is 0 Å². The molecule has 5 aromatic rings. The van der Waals surface area contributed by atoms with Crippen molar-refractivity contribution in [2.45, 2.75) is 38.8 Å². The largest absolute Gasteiger partial charge is 0.333 e. The highest BCUT2D eigenvalue weighted by atomic mass is 35.5. The molecule has 0 aliphatic carbocycles. The van der Waals surface area contributed by atoms with E-state index in [0.717, 1.165) is 11.3 Å². The van der Waals surface area contributed by atoms with Gasteiger partial charge in [-0.2, -0.15) is 19.0 Å². The van der Waals surface area contributed by atoms with Crippen molar-refractivity contribution in [2.24, 2.45) is 13.0 Å². The molecule has 0 radical (unpaired) electrons. The Balaban J connectivity index is 1.42. The number of anilines is 1. The van der Waals surface area contributed by atoms with E-state index in [9.17, 15) is 18.4 Å². The lowest BCUT2D eigenvalue weighted by molar-refractivity contribution is -0.119. The first-order valence-corrected chi connectivity index (χ1v) is 14.1. The van der Waals surface area contributed by atoms with Crippen molar-refractivity contribution in [1.82, 2.24) is 34.1 Å². The summed E-state index contributed by atoms with van der Waals surface area (Å²) in [5, 5.41) is 11.5. The molecule has 4 aromatic heterocycles. The van der Waals surface area contributed by atoms with Crippen LogP contribution in [-0.4, -0.2) is 40.0 Å². The molecule has 2 unspecified atom stereocenters. The van der Waals surface area contributed by atoms with Gasteiger partial charge < -0.3 is 5.32 Å². The van der Waals surface area contributed by atoms with Gasteiger partial charge in [-0.15, -0.1) is 0 Å². The lowest BCUT2D eigenvalue weighted by Crippen LogP contribution is -2.27. The van der Waals surface area contributed by atoms with Crippen LogP contribution in [0.15, 0.2) is 72.3 Å². The molecule has 1 amide bonds. The van der Waals surface area contributed by atoms with E-state index in [4.69, 9.17) is 11.6 Å². The average molecular weight is 605 g/mol. The number of carbonyl (C=O) groups excluding carboxylic acids is 1. The Morgan fingerprint density at radius 1 is 1.00 bits per heavy atom. The molecule has 2 bridgehead atoms. The van der Waals surface area contributed by atoms with Gasteiger partial charge in [-0.3, -0.25) is 23.8 Å². The van der Waals surface area contributed by atoms with Gasteiger partial charge >= 0.3 is 6.55 Å². The predicted octanol–water partition coefficient (Wildman–Crippen LogP) is 5.97. The number of halogens is 3. The number of benzene rings is 1. The maximum Gasteiger partial charge on any atom is 0.333 e. The molecule has 43 heavy (non-hydrogen) atoms. The molecule has 0 spiro atoms. The van der Waals surface area contributed by atoms with Crippen LogP contribution in [0, 0.1) is 5.92 Å². The molecular formula is C30H27ClF2N8O2. The monoisotopic (exact) mass is 604 g/mol. The molecule has 10 nitrogen and oxygen atoms in total. The second kappa shape index (κ2) is 11.5. The SMILES string of the molecule is CC1CCCC(n2cnc(-c3cc(Cl)ccc3-c3cnn(C(F)F)c3)cc2=O)c2cc(ccn2)-c2c(cnn2C)NC1=O. The highest BCUT2D eigenvalue weighted by molar-refractivity contribution is 6.31. The van der Waals surface area contributed by atoms with Gasteiger partial charge in [0.1, 0.15) is 0 Å². The summed E-state index contributed by atoms with van der Waals surface area (Å²) in [5.74, 6) is -0.354. The minimum atomic E-state index is -2.79. The second-order valence-electron chi connectivity index (χ2n) is 10.5. The Kier molecular flexibility index (Phi) is 7.61. The third kappa shape index (κ3) is 5.57. The average Bonchev–Trinajstić information content (AvgIpc) is 3.62. The van der Waals surface area contributed by atoms with Crippen LogP contribution in [0.25, 0.3) is 33.6 Å². The van der Waals surface area contributed by atoms with Crippen LogP contribution >= 0.6 is 11.6 Å². The van der Waals surface area contributed by atoms with Crippen LogP contribution in [0.4, 0.5) is 14.5 Å². The van der Waals surface area contributed by atoms with Crippen LogP contribution < -0.4 is 10.9 Å². The first-order chi connectivity index (χ1) is 20.7. The number of aromatic nitrogens is 7. The van der Waals surface area contributed by atoms with E-state index in [0.29, 0.717) is 62.7 Å². The fourth-order valence-electron chi connectivity index (χ4n) is 5.44. The molecule has 1 aliphatic heterocycles. The van der Waals surface area contributed by atoms with Crippen molar-refractivity contribution in [1.29, 1.82) is 0 Å². The van der Waals surface area contributed by atoms with Crippen LogP contribution in [0.1, 0.15) is 44.5 Å². The predicted molar refractivity (Wildman–Crippen MR) is 158 cm³/mol. The Morgan fingerprint density at radius 2 is 1.84 bits per heavy atom. The summed E-state index contributed by atoms with van der Waals surface area (Å²) >= 11 is 6.29. The third-order valence-corrected chi connectivity index (χ3v) is 7.93. The summed E-state index contributed by atoms with van der Waals surface area (Å²) in [6, 6.07) is 9.65. The Bertz CT molecular complexity index is 1880. The van der Waals surface area contributed by atoms with Crippen LogP contribution in [0.2, 0.25) is 5.02 Å². The van der Waals surface area contributed by atoms with E-state index < -0.39 is 12.6 Å². The number of hydrogen-bond acceptors (Lipinski definition) is 6. The van der Waals surface area contributed by atoms with Crippen molar-refractivity contribution in [3.8, 4) is 33.6 Å². The number of nitrogens with zero attached hydrogens (tertiary/aromatic N) is 7. The topological polar surface area (TPSA) is 113 Å². The van der Waals surface area contributed by atoms with Gasteiger partial charge in [0.25, 0.3) is 5.56 Å². The Hall–Kier alpha value is -4.71. The zero-order valence-electron chi connectivity index (χ0n) is 23.3. The number of pyridine rings is 1. The maximum absolute atomic E-state index is 13.7. The minimum absolute atomic E-state index is 0.0970. The zero-order valence-corrected chi connectivity index (χ0v) is 24.0. The number of amides is 1. The number of alkyl halides is 2. The summed E-state index contributed by atoms with van der Waals surface area (Å²) in [7, 11) is 1.80. The maximum atomic E-state index is 13.7. The summed E-state index contributed by atoms with van der Waals surface area (Å²) in [6.45, 7) is -0.911. The van der Waals surface area contributed by atoms with E-state index in [-0.39, 0.29) is 17.4 Å². The van der Waals surface area contributed by atoms with Gasteiger partial charge in [-0.05, 0) is 42.7 Å². The highest BCUT2D eigenvalue weighted by Gasteiger charge is 2.24. The molecule has 6 rings (SSSR count). The van der Waals surface area contributed by atoms with E-state index in [1.165, 1.54) is 29.4 Å². The molecular weight excluding hydrogens is 578 g/mol. The quantitative estimate of drug-likeness (QED) is 0.271. The fraction of sp³-hybridized carbons (Fsp3) is 0.267. The Labute approximate surface area is 250 Å². The second-order valence-corrected chi connectivity index (χ2v) is 11.0. The summed E-state index contributed by atoms with van der Waals surface area (Å²) in [4.78, 5) is 35.9. The van der Waals surface area contributed by atoms with Crippen molar-refractivity contribution in [3.63, 3.8) is 0 Å². The number of rotatable bonds is 4. The van der Waals surface area contributed by atoms with Crippen molar-refractivity contribution < 1.29 is 13.6 Å². The Morgan fingerprint density at radius 3 is 2.60 bits per heavy atom. The molecule has 0 saturated carbocycles. The molecule has 0 saturated heterocycles. The molecule has 2 atom stereocenters. The number of hydrogen-bond donors (Lipinski definition) is 1. The van der Waals surface area contributed by atoms with Crippen molar-refractivity contribution in [3.05, 3.63) is 88.6 Å². The van der Waals surface area contributed by atoms with Crippen LogP contribution in [0.3, 0.4) is 0 Å². The normalized spacial score (nSPS) is 17.2. The number of fused-ring (bicyclic) bond motifs is 4. The van der Waals surface area contributed by atoms with E-state index in [2.05, 4.69) is 25.5 Å². The molecule has 0 fully saturated rings. The van der Waals surface area contributed by atoms with Gasteiger partial charge in [-0.1, -0.05) is 31.0 Å². The summed E-state index contributed by atoms with van der Waals surface area (Å²) < 4.78 is 30.2. The van der Waals surface area contributed by atoms with Gasteiger partial charge in [0.2, 0.25) is 5.91 Å². The van der Waals surface area contributed by atoms with Gasteiger partial charge in [0, 0.05) is 53.1 Å². The smallest absolute Gasteiger partial charge is 0.323 e. The van der Waals surface area contributed by atoms with Crippen molar-refractivity contribution in [2.75, 3.05) is 5.32 Å². The lowest BCUT2D eigenvalue weighted by atomic mass is 9.96. The standard InChI is InChI=1S/C30H27ClF2N8O2/c1-17-4-3-5-26(24-10-18(8-9-34-24)28-25(38-29(17)43)14-36-39(28)2)40-16-35-23(12-27(40)42)22-11-20(31)6-7-21(22)19-13-37-41(15-19)30(32)33/h6-17,26,30H,3-5H2,1-2H3,(H,38,43). The summed E-state index contributed by atoms with van der Waals surface area (Å²) in [5.41, 5.74) is 4.31. The minimum Gasteiger partial charge on any atom is -0.323 e. The van der Waals surface area contributed by atoms with E-state index in [1.807, 2.05) is 19.1 Å². The molecule has 5 heterocycles. The molecule has 220 valence electrons. The van der Waals surface area contributed by atoms with E-state index in [1.54, 1.807) is 42.3 Å². The first kappa shape index (κ1) is 28.4. The third-order valence-electron chi connectivity index (χ3n) is 7.70. The van der Waals surface area contributed by atoms with E-state index >= 15 is 0 Å². The van der Waals surface area contributed by atoms with Crippen molar-refractivity contribution >= 4 is 23.2 Å². The molecule has 1 aromatic carbocycles. The molecule has 1 N–H and O–H groups in total. The molecule has 1 aliphatic rings. The van der Waals surface area contributed by atoms with Gasteiger partial charge in [-0.25, -0.2) is 9.67 Å². The fourth-order valence-corrected chi connectivity index (χ4v) is 5.61. The number of aryl methyl sites for hydroxylation is 1. The van der Waals surface area contributed by atoms with Gasteiger partial charge in [0.15, 0.2) is 0 Å². The van der Waals surface area contributed by atoms with Gasteiger partial charge in [0.05, 0.1) is 47.5 Å². The highest BCUT2D eigenvalue weighted by Crippen LogP contribution is 2.35. The first-order valence-electron chi connectivity index (χ1n) is 13.7. The summed E-state index contributed by atoms with van der Waals surface area (Å²) in [6.07, 6.45) is 9.15. The zero-order chi connectivity index (χ0) is 30.2. The number of carbonyl (C=O) groups is 1. The lowest BCUT2D eigenvalue weighted by Gasteiger charge is -2.22. The number of nitrogens with one attached hydrogen (secondary N) is 1. The molecule has 13 heteroatoms.